The molecule has 0 aliphatic rings. The molecule has 0 bridgehead atoms. The third-order valence-electron chi connectivity index (χ3n) is 6.30. The number of benzene rings is 3. The van der Waals surface area contributed by atoms with Crippen LogP contribution < -0.4 is 14.8 Å². The Morgan fingerprint density at radius 1 is 0.919 bits per heavy atom. The standard InChI is InChI=1S/C30H34FN3O3/c1-36-23-12-11-13-24(22-23)37-21-10-9-20-34-28-17-7-6-16-27(28)33-29(34)18-3-2-8-19-32-30(35)25-14-4-5-15-26(25)31/h4-7,11-17,22H,2-3,8-10,18-21H2,1H3,(H,32,35). The van der Waals surface area contributed by atoms with Crippen LogP contribution in [-0.4, -0.2) is 35.7 Å². The number of imidazole rings is 1. The fraction of sp³-hybridized carbons (Fsp3) is 0.333. The minimum Gasteiger partial charge on any atom is -0.497 e. The minimum absolute atomic E-state index is 0.0881. The number of halogens is 1. The summed E-state index contributed by atoms with van der Waals surface area (Å²) in [7, 11) is 1.65. The summed E-state index contributed by atoms with van der Waals surface area (Å²) in [6, 6.07) is 22.0. The Balaban J connectivity index is 1.22. The van der Waals surface area contributed by atoms with E-state index in [1.807, 2.05) is 30.3 Å². The van der Waals surface area contributed by atoms with E-state index >= 15 is 0 Å². The number of nitrogens with zero attached hydrogens (tertiary/aromatic N) is 2. The minimum atomic E-state index is -0.495. The summed E-state index contributed by atoms with van der Waals surface area (Å²) >= 11 is 0. The van der Waals surface area contributed by atoms with E-state index in [0.29, 0.717) is 13.2 Å². The molecule has 0 radical (unpaired) electrons. The van der Waals surface area contributed by atoms with E-state index in [2.05, 4.69) is 28.1 Å². The number of amides is 1. The number of hydrogen-bond acceptors (Lipinski definition) is 4. The number of carbonyl (C=O) groups excluding carboxylic acids is 1. The zero-order valence-electron chi connectivity index (χ0n) is 21.3. The Morgan fingerprint density at radius 2 is 1.73 bits per heavy atom. The highest BCUT2D eigenvalue weighted by atomic mass is 19.1. The number of rotatable bonds is 14. The van der Waals surface area contributed by atoms with Crippen molar-refractivity contribution >= 4 is 16.9 Å². The Hall–Kier alpha value is -3.87. The highest BCUT2D eigenvalue weighted by molar-refractivity contribution is 5.94. The Kier molecular flexibility index (Phi) is 9.52. The lowest BCUT2D eigenvalue weighted by atomic mass is 10.1. The molecular formula is C30H34FN3O3. The van der Waals surface area contributed by atoms with Gasteiger partial charge in [-0.15, -0.1) is 0 Å². The van der Waals surface area contributed by atoms with E-state index in [9.17, 15) is 9.18 Å². The van der Waals surface area contributed by atoms with Crippen LogP contribution in [0.15, 0.2) is 72.8 Å². The lowest BCUT2D eigenvalue weighted by Crippen LogP contribution is -2.25. The van der Waals surface area contributed by atoms with E-state index in [-0.39, 0.29) is 11.5 Å². The number of aromatic nitrogens is 2. The number of hydrogen-bond donors (Lipinski definition) is 1. The van der Waals surface area contributed by atoms with Crippen LogP contribution in [0.3, 0.4) is 0 Å². The lowest BCUT2D eigenvalue weighted by molar-refractivity contribution is 0.0949. The largest absolute Gasteiger partial charge is 0.497 e. The molecule has 0 aliphatic carbocycles. The molecule has 0 aliphatic heterocycles. The van der Waals surface area contributed by atoms with Gasteiger partial charge in [-0.2, -0.15) is 0 Å². The second-order valence-corrected chi connectivity index (χ2v) is 8.95. The number of methoxy groups -OCH3 is 1. The summed E-state index contributed by atoms with van der Waals surface area (Å²) < 4.78 is 27.2. The average molecular weight is 504 g/mol. The molecule has 6 nitrogen and oxygen atoms in total. The van der Waals surface area contributed by atoms with Crippen molar-refractivity contribution in [3.8, 4) is 11.5 Å². The van der Waals surface area contributed by atoms with E-state index in [1.165, 1.54) is 12.1 Å². The SMILES string of the molecule is COc1cccc(OCCCCn2c(CCCCCNC(=O)c3ccccc3F)nc3ccccc32)c1. The van der Waals surface area contributed by atoms with E-state index < -0.39 is 5.82 Å². The molecule has 37 heavy (non-hydrogen) atoms. The molecule has 0 atom stereocenters. The quantitative estimate of drug-likeness (QED) is 0.209. The first-order valence-electron chi connectivity index (χ1n) is 12.9. The number of aryl methyl sites for hydroxylation is 2. The second-order valence-electron chi connectivity index (χ2n) is 8.95. The summed E-state index contributed by atoms with van der Waals surface area (Å²) in [6.07, 6.45) is 5.55. The van der Waals surface area contributed by atoms with Crippen molar-refractivity contribution in [1.82, 2.24) is 14.9 Å². The van der Waals surface area contributed by atoms with Crippen LogP contribution in [0, 0.1) is 5.82 Å². The van der Waals surface area contributed by atoms with Crippen LogP contribution in [-0.2, 0) is 13.0 Å². The molecule has 0 saturated carbocycles. The number of unbranched alkanes of at least 4 members (excludes halogenated alkanes) is 3. The Bertz CT molecular complexity index is 1300. The van der Waals surface area contributed by atoms with Crippen molar-refractivity contribution in [2.24, 2.45) is 0 Å². The zero-order valence-corrected chi connectivity index (χ0v) is 21.3. The van der Waals surface area contributed by atoms with Gasteiger partial charge in [0.25, 0.3) is 5.91 Å². The Labute approximate surface area is 217 Å². The first kappa shape index (κ1) is 26.2. The molecule has 1 heterocycles. The van der Waals surface area contributed by atoms with Gasteiger partial charge in [-0.3, -0.25) is 4.79 Å². The lowest BCUT2D eigenvalue weighted by Gasteiger charge is -2.11. The number of para-hydroxylation sites is 2. The predicted octanol–water partition coefficient (Wildman–Crippen LogP) is 6.19. The van der Waals surface area contributed by atoms with Crippen molar-refractivity contribution in [1.29, 1.82) is 0 Å². The van der Waals surface area contributed by atoms with Gasteiger partial charge in [-0.05, 0) is 62.1 Å². The van der Waals surface area contributed by atoms with Gasteiger partial charge >= 0.3 is 0 Å². The van der Waals surface area contributed by atoms with Crippen LogP contribution in [0.1, 0.15) is 48.3 Å². The normalized spacial score (nSPS) is 11.0. The first-order valence-corrected chi connectivity index (χ1v) is 12.9. The van der Waals surface area contributed by atoms with Crippen molar-refractivity contribution in [2.45, 2.75) is 45.1 Å². The van der Waals surface area contributed by atoms with Crippen LogP contribution in [0.4, 0.5) is 4.39 Å². The number of fused-ring (bicyclic) bond motifs is 1. The van der Waals surface area contributed by atoms with Gasteiger partial charge in [0.2, 0.25) is 0 Å². The summed E-state index contributed by atoms with van der Waals surface area (Å²) in [4.78, 5) is 17.0. The molecule has 7 heteroatoms. The van der Waals surface area contributed by atoms with Gasteiger partial charge in [0.05, 0.1) is 30.3 Å². The topological polar surface area (TPSA) is 65.4 Å². The molecule has 0 spiro atoms. The highest BCUT2D eigenvalue weighted by Crippen LogP contribution is 2.21. The maximum absolute atomic E-state index is 13.7. The van der Waals surface area contributed by atoms with Gasteiger partial charge < -0.3 is 19.4 Å². The fourth-order valence-electron chi connectivity index (χ4n) is 4.35. The van der Waals surface area contributed by atoms with Gasteiger partial charge in [0, 0.05) is 25.6 Å². The molecular weight excluding hydrogens is 469 g/mol. The average Bonchev–Trinajstić information content (AvgIpc) is 3.28. The molecule has 3 aromatic carbocycles. The maximum atomic E-state index is 13.7. The summed E-state index contributed by atoms with van der Waals surface area (Å²) in [5.74, 6) is 1.84. The third-order valence-corrected chi connectivity index (χ3v) is 6.30. The predicted molar refractivity (Wildman–Crippen MR) is 144 cm³/mol. The molecule has 4 aromatic rings. The highest BCUT2D eigenvalue weighted by Gasteiger charge is 2.11. The molecule has 1 aromatic heterocycles. The molecule has 0 unspecified atom stereocenters. The Morgan fingerprint density at radius 3 is 2.59 bits per heavy atom. The molecule has 1 amide bonds. The molecule has 194 valence electrons. The summed E-state index contributed by atoms with van der Waals surface area (Å²) in [6.45, 7) is 2.06. The second kappa shape index (κ2) is 13.4. The van der Waals surface area contributed by atoms with E-state index in [4.69, 9.17) is 14.5 Å². The van der Waals surface area contributed by atoms with Crippen LogP contribution >= 0.6 is 0 Å². The number of nitrogens with one attached hydrogen (secondary N) is 1. The number of carbonyl (C=O) groups is 1. The van der Waals surface area contributed by atoms with Crippen molar-refractivity contribution in [3.05, 3.63) is 90.0 Å². The van der Waals surface area contributed by atoms with Crippen LogP contribution in [0.5, 0.6) is 11.5 Å². The maximum Gasteiger partial charge on any atom is 0.254 e. The van der Waals surface area contributed by atoms with E-state index in [1.54, 1.807) is 19.2 Å². The van der Waals surface area contributed by atoms with Gasteiger partial charge in [-0.25, -0.2) is 9.37 Å². The van der Waals surface area contributed by atoms with Gasteiger partial charge in [-0.1, -0.05) is 36.8 Å². The van der Waals surface area contributed by atoms with Crippen molar-refractivity contribution in [2.75, 3.05) is 20.3 Å². The molecule has 4 rings (SSSR count). The molecule has 0 fully saturated rings. The summed E-state index contributed by atoms with van der Waals surface area (Å²) in [5, 5.41) is 2.81. The van der Waals surface area contributed by atoms with Gasteiger partial charge in [0.1, 0.15) is 23.1 Å². The third kappa shape index (κ3) is 7.32. The molecule has 0 saturated heterocycles. The van der Waals surface area contributed by atoms with Crippen LogP contribution in [0.25, 0.3) is 11.0 Å². The van der Waals surface area contributed by atoms with Gasteiger partial charge in [0.15, 0.2) is 0 Å². The zero-order chi connectivity index (χ0) is 25.9. The monoisotopic (exact) mass is 503 g/mol. The van der Waals surface area contributed by atoms with Crippen molar-refractivity contribution < 1.29 is 18.7 Å². The number of ether oxygens (including phenoxy) is 2. The van der Waals surface area contributed by atoms with Crippen molar-refractivity contribution in [3.63, 3.8) is 0 Å². The first-order chi connectivity index (χ1) is 18.2. The molecule has 1 N–H and O–H groups in total. The fourth-order valence-corrected chi connectivity index (χ4v) is 4.35. The van der Waals surface area contributed by atoms with Crippen LogP contribution in [0.2, 0.25) is 0 Å². The van der Waals surface area contributed by atoms with E-state index in [0.717, 1.165) is 73.4 Å². The smallest absolute Gasteiger partial charge is 0.254 e. The summed E-state index contributed by atoms with van der Waals surface area (Å²) in [5.41, 5.74) is 2.26.